The van der Waals surface area contributed by atoms with E-state index in [0.717, 1.165) is 5.56 Å². The van der Waals surface area contributed by atoms with Crippen molar-refractivity contribution in [3.8, 4) is 11.4 Å². The van der Waals surface area contributed by atoms with Gasteiger partial charge in [-0.05, 0) is 26.0 Å². The summed E-state index contributed by atoms with van der Waals surface area (Å²) < 4.78 is 1.58. The van der Waals surface area contributed by atoms with Crippen LogP contribution in [0.4, 0.5) is 0 Å². The number of halogens is 1. The van der Waals surface area contributed by atoms with E-state index in [1.807, 2.05) is 0 Å². The van der Waals surface area contributed by atoms with E-state index in [1.54, 1.807) is 42.9 Å². The molecule has 2 aliphatic heterocycles. The number of hydrogen-bond acceptors (Lipinski definition) is 2. The van der Waals surface area contributed by atoms with Crippen LogP contribution in [-0.2, 0) is 10.3 Å². The molecule has 2 aliphatic rings. The van der Waals surface area contributed by atoms with Crippen molar-refractivity contribution in [2.24, 2.45) is 0 Å². The number of carboxylic acid groups (broad SMARTS) is 1. The second-order valence-corrected chi connectivity index (χ2v) is 4.55. The van der Waals surface area contributed by atoms with Crippen molar-refractivity contribution in [1.82, 2.24) is 9.55 Å². The molecule has 0 spiro atoms. The summed E-state index contributed by atoms with van der Waals surface area (Å²) in [7, 11) is 0. The fourth-order valence-electron chi connectivity index (χ4n) is 1.55. The Hall–Kier alpha value is -1.55. The smallest absolute Gasteiger partial charge is 0.329 e. The fourth-order valence-corrected chi connectivity index (χ4v) is 1.77. The predicted molar refractivity (Wildman–Crippen MR) is 60.8 cm³/mol. The van der Waals surface area contributed by atoms with Crippen molar-refractivity contribution in [1.29, 1.82) is 0 Å². The standard InChI is InChI=1S/C11H11ClN2O2/c1-11(2,10(15)16)14-6-8(12)5-7-3-4-13-9(7)14/h3-6H,1-2H3,(H,15,16). The first-order chi connectivity index (χ1) is 7.43. The average Bonchev–Trinajstić information content (AvgIpc) is 2.63. The van der Waals surface area contributed by atoms with E-state index >= 15 is 0 Å². The second-order valence-electron chi connectivity index (χ2n) is 4.12. The predicted octanol–water partition coefficient (Wildman–Crippen LogP) is 2.46. The van der Waals surface area contributed by atoms with Crippen LogP contribution in [0.25, 0.3) is 11.4 Å². The van der Waals surface area contributed by atoms with Crippen LogP contribution in [-0.4, -0.2) is 20.6 Å². The van der Waals surface area contributed by atoms with Crippen LogP contribution in [0.5, 0.6) is 0 Å². The van der Waals surface area contributed by atoms with Crippen LogP contribution in [0.15, 0.2) is 24.5 Å². The van der Waals surface area contributed by atoms with E-state index < -0.39 is 11.5 Å². The van der Waals surface area contributed by atoms with Gasteiger partial charge in [0, 0.05) is 18.0 Å². The first-order valence-corrected chi connectivity index (χ1v) is 5.17. The third-order valence-corrected chi connectivity index (χ3v) is 2.82. The highest BCUT2D eigenvalue weighted by Gasteiger charge is 2.31. The van der Waals surface area contributed by atoms with Crippen LogP contribution in [0, 0.1) is 0 Å². The van der Waals surface area contributed by atoms with Gasteiger partial charge in [0.25, 0.3) is 0 Å². The normalized spacial score (nSPS) is 11.9. The SMILES string of the molecule is CC(C)(C(=O)O)n1cc(Cl)cc2ccnc1-2. The van der Waals surface area contributed by atoms with Crippen LogP contribution in [0.3, 0.4) is 0 Å². The zero-order valence-corrected chi connectivity index (χ0v) is 9.69. The molecule has 0 aliphatic carbocycles. The van der Waals surface area contributed by atoms with Crippen molar-refractivity contribution in [3.63, 3.8) is 0 Å². The van der Waals surface area contributed by atoms with Gasteiger partial charge in [-0.2, -0.15) is 0 Å². The van der Waals surface area contributed by atoms with Crippen LogP contribution < -0.4 is 0 Å². The Kier molecular flexibility index (Phi) is 2.39. The Balaban J connectivity index is 2.70. The number of nitrogens with zero attached hydrogens (tertiary/aromatic N) is 2. The van der Waals surface area contributed by atoms with Crippen molar-refractivity contribution >= 4 is 17.6 Å². The minimum atomic E-state index is -1.08. The molecule has 0 radical (unpaired) electrons. The molecule has 5 heteroatoms. The van der Waals surface area contributed by atoms with Gasteiger partial charge in [-0.15, -0.1) is 0 Å². The largest absolute Gasteiger partial charge is 0.480 e. The number of aliphatic carboxylic acids is 1. The Labute approximate surface area is 97.8 Å². The Morgan fingerprint density at radius 1 is 1.56 bits per heavy atom. The van der Waals surface area contributed by atoms with E-state index in [9.17, 15) is 9.90 Å². The summed E-state index contributed by atoms with van der Waals surface area (Å²) in [6, 6.07) is 3.56. The Bertz CT molecular complexity index is 519. The summed E-state index contributed by atoms with van der Waals surface area (Å²) >= 11 is 5.95. The fraction of sp³-hybridized carbons (Fsp3) is 0.273. The lowest BCUT2D eigenvalue weighted by molar-refractivity contribution is -0.145. The second kappa shape index (κ2) is 3.49. The van der Waals surface area contributed by atoms with E-state index in [4.69, 9.17) is 11.6 Å². The summed E-state index contributed by atoms with van der Waals surface area (Å²) in [4.78, 5) is 15.4. The Morgan fingerprint density at radius 2 is 2.25 bits per heavy atom. The summed E-state index contributed by atoms with van der Waals surface area (Å²) in [5.74, 6) is -0.305. The summed E-state index contributed by atoms with van der Waals surface area (Å²) in [5, 5.41) is 9.69. The van der Waals surface area contributed by atoms with Gasteiger partial charge < -0.3 is 9.67 Å². The molecule has 1 N–H and O–H groups in total. The molecule has 2 heterocycles. The van der Waals surface area contributed by atoms with Crippen LogP contribution >= 0.6 is 11.6 Å². The molecule has 0 saturated carbocycles. The lowest BCUT2D eigenvalue weighted by Gasteiger charge is -2.26. The number of carboxylic acids is 1. The van der Waals surface area contributed by atoms with Crippen LogP contribution in [0.1, 0.15) is 13.8 Å². The average molecular weight is 239 g/mol. The number of pyridine rings is 1. The van der Waals surface area contributed by atoms with Gasteiger partial charge in [-0.3, -0.25) is 0 Å². The summed E-state index contributed by atoms with van der Waals surface area (Å²) in [6.45, 7) is 3.22. The molecule has 4 nitrogen and oxygen atoms in total. The molecule has 0 bridgehead atoms. The van der Waals surface area contributed by atoms with Gasteiger partial charge in [0.2, 0.25) is 0 Å². The quantitative estimate of drug-likeness (QED) is 0.875. The monoisotopic (exact) mass is 238 g/mol. The number of hydrogen-bond donors (Lipinski definition) is 1. The Morgan fingerprint density at radius 3 is 2.88 bits per heavy atom. The number of carbonyl (C=O) groups is 1. The third-order valence-electron chi connectivity index (χ3n) is 2.61. The number of fused-ring (bicyclic) bond motifs is 1. The van der Waals surface area contributed by atoms with E-state index in [0.29, 0.717) is 10.8 Å². The van der Waals surface area contributed by atoms with Crippen molar-refractivity contribution in [2.45, 2.75) is 19.4 Å². The zero-order chi connectivity index (χ0) is 11.9. The van der Waals surface area contributed by atoms with Gasteiger partial charge in [0.1, 0.15) is 11.4 Å². The van der Waals surface area contributed by atoms with Crippen molar-refractivity contribution < 1.29 is 9.90 Å². The minimum absolute atomic E-state index is 0.495. The maximum Gasteiger partial charge on any atom is 0.329 e. The molecule has 0 amide bonds. The zero-order valence-electron chi connectivity index (χ0n) is 8.94. The van der Waals surface area contributed by atoms with Crippen molar-refractivity contribution in [3.05, 3.63) is 29.5 Å². The highest BCUT2D eigenvalue weighted by Crippen LogP contribution is 2.29. The first-order valence-electron chi connectivity index (χ1n) is 4.79. The lowest BCUT2D eigenvalue weighted by Crippen LogP contribution is -2.36. The molecule has 0 aromatic heterocycles. The van der Waals surface area contributed by atoms with Crippen molar-refractivity contribution in [2.75, 3.05) is 0 Å². The highest BCUT2D eigenvalue weighted by molar-refractivity contribution is 6.30. The van der Waals surface area contributed by atoms with Gasteiger partial charge >= 0.3 is 5.97 Å². The molecule has 0 atom stereocenters. The topological polar surface area (TPSA) is 55.1 Å². The summed E-state index contributed by atoms with van der Waals surface area (Å²) in [6.07, 6.45) is 3.22. The van der Waals surface area contributed by atoms with E-state index in [1.165, 1.54) is 0 Å². The minimum Gasteiger partial charge on any atom is -0.480 e. The third kappa shape index (κ3) is 1.55. The maximum atomic E-state index is 11.2. The van der Waals surface area contributed by atoms with Gasteiger partial charge in [0.15, 0.2) is 0 Å². The molecular weight excluding hydrogens is 228 g/mol. The molecule has 16 heavy (non-hydrogen) atoms. The van der Waals surface area contributed by atoms with Gasteiger partial charge in [-0.1, -0.05) is 11.6 Å². The molecular formula is C11H11ClN2O2. The van der Waals surface area contributed by atoms with Crippen LogP contribution in [0.2, 0.25) is 5.02 Å². The van der Waals surface area contributed by atoms with E-state index in [-0.39, 0.29) is 0 Å². The number of rotatable bonds is 2. The maximum absolute atomic E-state index is 11.2. The summed E-state index contributed by atoms with van der Waals surface area (Å²) in [5.41, 5.74) is -0.244. The molecule has 0 unspecified atom stereocenters. The van der Waals surface area contributed by atoms with E-state index in [2.05, 4.69) is 4.98 Å². The van der Waals surface area contributed by atoms with Gasteiger partial charge in [0.05, 0.1) is 5.02 Å². The van der Waals surface area contributed by atoms with Gasteiger partial charge in [-0.25, -0.2) is 9.78 Å². The highest BCUT2D eigenvalue weighted by atomic mass is 35.5. The first kappa shape index (κ1) is 11.0. The molecule has 0 aromatic carbocycles. The molecule has 84 valence electrons. The molecule has 0 saturated heterocycles. The molecule has 2 rings (SSSR count). The lowest BCUT2D eigenvalue weighted by atomic mass is 10.0. The number of aromatic nitrogens is 2. The molecule has 0 aromatic rings. The molecule has 0 fully saturated rings.